The largest absolute Gasteiger partial charge is 0.451 e. The first-order valence-electron chi connectivity index (χ1n) is 9.72. The lowest BCUT2D eigenvalue weighted by Gasteiger charge is -2.11. The van der Waals surface area contributed by atoms with Crippen LogP contribution >= 0.6 is 0 Å². The first-order chi connectivity index (χ1) is 14.2. The van der Waals surface area contributed by atoms with Gasteiger partial charge in [0.05, 0.1) is 0 Å². The highest BCUT2D eigenvalue weighted by molar-refractivity contribution is 6.00. The lowest BCUT2D eigenvalue weighted by atomic mass is 10.1. The van der Waals surface area contributed by atoms with E-state index in [0.717, 1.165) is 29.9 Å². The third-order valence-corrected chi connectivity index (χ3v) is 4.65. The van der Waals surface area contributed by atoms with Crippen LogP contribution in [0.1, 0.15) is 37.2 Å². The molecule has 6 nitrogen and oxygen atoms in total. The standard InChI is InChI=1S/C23H26FN3O3/c1-15(2)9-10-27-16(3)11-18(17(27)4)12-19(13-25)23(29)30-14-22(28)26-21-7-5-20(24)6-8-21/h5-8,11-12,15H,9-10,14H2,1-4H3,(H,26,28)/b19-12+. The zero-order valence-electron chi connectivity index (χ0n) is 17.7. The molecule has 1 aromatic heterocycles. The molecule has 0 spiro atoms. The van der Waals surface area contributed by atoms with Crippen LogP contribution < -0.4 is 5.32 Å². The molecule has 0 saturated heterocycles. The molecular weight excluding hydrogens is 385 g/mol. The molecule has 0 saturated carbocycles. The van der Waals surface area contributed by atoms with Crippen LogP contribution in [0.4, 0.5) is 10.1 Å². The van der Waals surface area contributed by atoms with Gasteiger partial charge >= 0.3 is 5.97 Å². The van der Waals surface area contributed by atoms with Crippen molar-refractivity contribution in [1.29, 1.82) is 5.26 Å². The SMILES string of the molecule is Cc1cc(/C=C(\C#N)C(=O)OCC(=O)Nc2ccc(F)cc2)c(C)n1CCC(C)C. The summed E-state index contributed by atoms with van der Waals surface area (Å²) >= 11 is 0. The number of nitrogens with one attached hydrogen (secondary N) is 1. The minimum absolute atomic E-state index is 0.186. The maximum Gasteiger partial charge on any atom is 0.349 e. The number of carbonyl (C=O) groups excluding carboxylic acids is 2. The van der Waals surface area contributed by atoms with Gasteiger partial charge in [0.1, 0.15) is 17.5 Å². The van der Waals surface area contributed by atoms with Gasteiger partial charge in [-0.15, -0.1) is 0 Å². The van der Waals surface area contributed by atoms with Crippen molar-refractivity contribution < 1.29 is 18.7 Å². The number of nitrogens with zero attached hydrogens (tertiary/aromatic N) is 2. The number of benzene rings is 1. The lowest BCUT2D eigenvalue weighted by molar-refractivity contribution is -0.142. The number of carbonyl (C=O) groups is 2. The molecule has 0 aliphatic heterocycles. The summed E-state index contributed by atoms with van der Waals surface area (Å²) in [6.45, 7) is 8.54. The lowest BCUT2D eigenvalue weighted by Crippen LogP contribution is -2.21. The summed E-state index contributed by atoms with van der Waals surface area (Å²) in [7, 11) is 0. The number of esters is 1. The Hall–Kier alpha value is -3.40. The van der Waals surface area contributed by atoms with Gasteiger partial charge in [0.25, 0.3) is 5.91 Å². The van der Waals surface area contributed by atoms with Crippen molar-refractivity contribution in [2.75, 3.05) is 11.9 Å². The number of hydrogen-bond donors (Lipinski definition) is 1. The van der Waals surface area contributed by atoms with Crippen LogP contribution in [-0.4, -0.2) is 23.1 Å². The van der Waals surface area contributed by atoms with Crippen molar-refractivity contribution in [2.45, 2.75) is 40.7 Å². The molecule has 1 heterocycles. The van der Waals surface area contributed by atoms with E-state index in [1.165, 1.54) is 30.3 Å². The van der Waals surface area contributed by atoms with Crippen LogP contribution in [0.25, 0.3) is 6.08 Å². The van der Waals surface area contributed by atoms with Gasteiger partial charge in [-0.1, -0.05) is 13.8 Å². The first-order valence-corrected chi connectivity index (χ1v) is 9.72. The zero-order chi connectivity index (χ0) is 22.3. The van der Waals surface area contributed by atoms with Crippen LogP contribution in [0.15, 0.2) is 35.9 Å². The summed E-state index contributed by atoms with van der Waals surface area (Å²) < 4.78 is 20.0. The summed E-state index contributed by atoms with van der Waals surface area (Å²) in [5.74, 6) is -1.32. The predicted octanol–water partition coefficient (Wildman–Crippen LogP) is 4.38. The highest BCUT2D eigenvalue weighted by Gasteiger charge is 2.16. The molecule has 1 amide bonds. The first kappa shape index (κ1) is 22.9. The van der Waals surface area contributed by atoms with Crippen molar-refractivity contribution in [3.63, 3.8) is 0 Å². The van der Waals surface area contributed by atoms with Crippen LogP contribution in [-0.2, 0) is 20.9 Å². The third kappa shape index (κ3) is 6.31. The summed E-state index contributed by atoms with van der Waals surface area (Å²) in [6.07, 6.45) is 2.50. The highest BCUT2D eigenvalue weighted by atomic mass is 19.1. The predicted molar refractivity (Wildman–Crippen MR) is 113 cm³/mol. The third-order valence-electron chi connectivity index (χ3n) is 4.65. The molecule has 0 fully saturated rings. The number of nitriles is 1. The molecule has 2 rings (SSSR count). The Morgan fingerprint density at radius 2 is 1.93 bits per heavy atom. The number of aromatic nitrogens is 1. The Bertz CT molecular complexity index is 982. The van der Waals surface area contributed by atoms with Gasteiger partial charge in [-0.25, -0.2) is 9.18 Å². The van der Waals surface area contributed by atoms with Gasteiger partial charge in [0, 0.05) is 23.6 Å². The van der Waals surface area contributed by atoms with Crippen molar-refractivity contribution in [3.05, 3.63) is 58.7 Å². The van der Waals surface area contributed by atoms with Crippen LogP contribution in [0.3, 0.4) is 0 Å². The van der Waals surface area contributed by atoms with Crippen molar-refractivity contribution in [3.8, 4) is 6.07 Å². The molecule has 0 radical (unpaired) electrons. The van der Waals surface area contributed by atoms with Crippen LogP contribution in [0.5, 0.6) is 0 Å². The van der Waals surface area contributed by atoms with Gasteiger partial charge in [-0.3, -0.25) is 4.79 Å². The molecule has 0 unspecified atom stereocenters. The minimum atomic E-state index is -0.876. The topological polar surface area (TPSA) is 84.1 Å². The van der Waals surface area contributed by atoms with Gasteiger partial charge in [-0.2, -0.15) is 5.26 Å². The van der Waals surface area contributed by atoms with E-state index in [1.54, 1.807) is 0 Å². The normalized spacial score (nSPS) is 11.3. The molecule has 0 aliphatic carbocycles. The molecule has 0 aliphatic rings. The van der Waals surface area contributed by atoms with E-state index in [4.69, 9.17) is 4.74 Å². The molecule has 2 aromatic rings. The Kier molecular flexibility index (Phi) is 7.93. The molecule has 0 bridgehead atoms. The Balaban J connectivity index is 2.03. The fourth-order valence-electron chi connectivity index (χ4n) is 2.94. The van der Waals surface area contributed by atoms with Gasteiger partial charge in [-0.05, 0) is 68.2 Å². The number of hydrogen-bond acceptors (Lipinski definition) is 4. The van der Waals surface area contributed by atoms with Crippen LogP contribution in [0.2, 0.25) is 0 Å². The monoisotopic (exact) mass is 411 g/mol. The number of rotatable bonds is 8. The fraction of sp³-hybridized carbons (Fsp3) is 0.348. The fourth-order valence-corrected chi connectivity index (χ4v) is 2.94. The maximum absolute atomic E-state index is 12.9. The van der Waals surface area contributed by atoms with E-state index in [9.17, 15) is 19.2 Å². The average Bonchev–Trinajstić information content (AvgIpc) is 2.97. The molecule has 7 heteroatoms. The van der Waals surface area contributed by atoms with E-state index in [0.29, 0.717) is 11.6 Å². The second kappa shape index (κ2) is 10.4. The molecule has 1 N–H and O–H groups in total. The zero-order valence-corrected chi connectivity index (χ0v) is 17.7. The molecular formula is C23H26FN3O3. The van der Waals surface area contributed by atoms with Gasteiger partial charge in [0.2, 0.25) is 0 Å². The van der Waals surface area contributed by atoms with E-state index in [1.807, 2.05) is 26.0 Å². The van der Waals surface area contributed by atoms with Crippen molar-refractivity contribution in [2.24, 2.45) is 5.92 Å². The second-order valence-electron chi connectivity index (χ2n) is 7.46. The number of halogens is 1. The summed E-state index contributed by atoms with van der Waals surface area (Å²) in [5.41, 5.74) is 2.96. The second-order valence-corrected chi connectivity index (χ2v) is 7.46. The number of ether oxygens (including phenoxy) is 1. The number of amides is 1. The average molecular weight is 411 g/mol. The molecule has 30 heavy (non-hydrogen) atoms. The Labute approximate surface area is 176 Å². The smallest absolute Gasteiger partial charge is 0.349 e. The van der Waals surface area contributed by atoms with Crippen molar-refractivity contribution in [1.82, 2.24) is 4.57 Å². The number of aryl methyl sites for hydroxylation is 1. The Morgan fingerprint density at radius 1 is 1.27 bits per heavy atom. The highest BCUT2D eigenvalue weighted by Crippen LogP contribution is 2.20. The van der Waals surface area contributed by atoms with E-state index >= 15 is 0 Å². The quantitative estimate of drug-likeness (QED) is 0.397. The summed E-state index contributed by atoms with van der Waals surface area (Å²) in [5, 5.41) is 11.9. The van der Waals surface area contributed by atoms with E-state index in [-0.39, 0.29) is 5.57 Å². The molecule has 0 atom stereocenters. The summed E-state index contributed by atoms with van der Waals surface area (Å²) in [4.78, 5) is 24.2. The van der Waals surface area contributed by atoms with Gasteiger partial charge in [0.15, 0.2) is 6.61 Å². The number of anilines is 1. The minimum Gasteiger partial charge on any atom is -0.451 e. The van der Waals surface area contributed by atoms with Gasteiger partial charge < -0.3 is 14.6 Å². The summed E-state index contributed by atoms with van der Waals surface area (Å²) in [6, 6.07) is 8.95. The Morgan fingerprint density at radius 3 is 2.53 bits per heavy atom. The van der Waals surface area contributed by atoms with E-state index < -0.39 is 24.3 Å². The van der Waals surface area contributed by atoms with Crippen LogP contribution in [0, 0.1) is 36.9 Å². The van der Waals surface area contributed by atoms with Crippen molar-refractivity contribution >= 4 is 23.6 Å². The molecule has 1 aromatic carbocycles. The van der Waals surface area contributed by atoms with E-state index in [2.05, 4.69) is 23.7 Å². The maximum atomic E-state index is 12.9. The molecule has 158 valence electrons.